The van der Waals surface area contributed by atoms with Crippen molar-refractivity contribution in [2.75, 3.05) is 0 Å². The summed E-state index contributed by atoms with van der Waals surface area (Å²) in [6, 6.07) is 8.07. The van der Waals surface area contributed by atoms with E-state index >= 15 is 0 Å². The molecule has 102 valence electrons. The quantitative estimate of drug-likeness (QED) is 0.799. The Labute approximate surface area is 114 Å². The Morgan fingerprint density at radius 3 is 2.79 bits per heavy atom. The molecule has 19 heavy (non-hydrogen) atoms. The van der Waals surface area contributed by atoms with Crippen LogP contribution in [0.5, 0.6) is 0 Å². The average molecular weight is 259 g/mol. The standard InChI is InChI=1S/C16H21NO2/c18-15-9-3-1-2-8-14(15)17-16(19)13-10-11-6-4-5-7-12(11)13/h4-7,13-15,18H,1-3,8-10H2,(H,17,19). The predicted molar refractivity (Wildman–Crippen MR) is 73.9 cm³/mol. The van der Waals surface area contributed by atoms with Gasteiger partial charge >= 0.3 is 0 Å². The summed E-state index contributed by atoms with van der Waals surface area (Å²) >= 11 is 0. The summed E-state index contributed by atoms with van der Waals surface area (Å²) in [7, 11) is 0. The number of hydrogen-bond donors (Lipinski definition) is 2. The van der Waals surface area contributed by atoms with Crippen LogP contribution in [0, 0.1) is 0 Å². The van der Waals surface area contributed by atoms with Crippen molar-refractivity contribution >= 4 is 5.91 Å². The molecule has 1 amide bonds. The van der Waals surface area contributed by atoms with E-state index in [1.165, 1.54) is 5.56 Å². The molecule has 3 heteroatoms. The van der Waals surface area contributed by atoms with Gasteiger partial charge in [0.25, 0.3) is 0 Å². The minimum absolute atomic E-state index is 0.00773. The van der Waals surface area contributed by atoms with E-state index < -0.39 is 0 Å². The number of carbonyl (C=O) groups excluding carboxylic acids is 1. The van der Waals surface area contributed by atoms with Gasteiger partial charge in [-0.05, 0) is 30.4 Å². The Kier molecular flexibility index (Phi) is 3.56. The first kappa shape index (κ1) is 12.7. The molecule has 1 fully saturated rings. The highest BCUT2D eigenvalue weighted by Crippen LogP contribution is 2.35. The van der Waals surface area contributed by atoms with Gasteiger partial charge in [-0.3, -0.25) is 4.79 Å². The van der Waals surface area contributed by atoms with Crippen molar-refractivity contribution < 1.29 is 9.90 Å². The second kappa shape index (κ2) is 5.33. The van der Waals surface area contributed by atoms with Crippen LogP contribution in [0.25, 0.3) is 0 Å². The summed E-state index contributed by atoms with van der Waals surface area (Å²) in [4.78, 5) is 12.3. The molecule has 3 atom stereocenters. The minimum atomic E-state index is -0.373. The number of benzene rings is 1. The number of aliphatic hydroxyl groups excluding tert-OH is 1. The second-order valence-electron chi connectivity index (χ2n) is 5.78. The van der Waals surface area contributed by atoms with E-state index in [0.717, 1.165) is 44.1 Å². The number of nitrogens with one attached hydrogen (secondary N) is 1. The Morgan fingerprint density at radius 1 is 1.16 bits per heavy atom. The maximum atomic E-state index is 12.3. The first-order valence-corrected chi connectivity index (χ1v) is 7.32. The normalized spacial score (nSPS) is 29.8. The molecule has 0 aromatic heterocycles. The molecule has 1 aromatic rings. The molecular weight excluding hydrogens is 238 g/mol. The summed E-state index contributed by atoms with van der Waals surface area (Å²) in [5.41, 5.74) is 2.44. The van der Waals surface area contributed by atoms with Crippen LogP contribution in [-0.4, -0.2) is 23.2 Å². The molecule has 0 radical (unpaired) electrons. The van der Waals surface area contributed by atoms with Gasteiger partial charge in [0.05, 0.1) is 18.1 Å². The highest BCUT2D eigenvalue weighted by molar-refractivity contribution is 5.87. The zero-order valence-corrected chi connectivity index (χ0v) is 11.1. The van der Waals surface area contributed by atoms with Crippen LogP contribution in [0.2, 0.25) is 0 Å². The maximum absolute atomic E-state index is 12.3. The van der Waals surface area contributed by atoms with Crippen molar-refractivity contribution in [3.05, 3.63) is 35.4 Å². The maximum Gasteiger partial charge on any atom is 0.228 e. The van der Waals surface area contributed by atoms with Gasteiger partial charge in [0.15, 0.2) is 0 Å². The topological polar surface area (TPSA) is 49.3 Å². The summed E-state index contributed by atoms with van der Waals surface area (Å²) in [6.07, 6.45) is 5.51. The van der Waals surface area contributed by atoms with Gasteiger partial charge < -0.3 is 10.4 Å². The predicted octanol–water partition coefficient (Wildman–Crippen LogP) is 2.14. The van der Waals surface area contributed by atoms with Crippen molar-refractivity contribution in [3.63, 3.8) is 0 Å². The summed E-state index contributed by atoms with van der Waals surface area (Å²) in [5.74, 6) is 0.0799. The number of carbonyl (C=O) groups is 1. The van der Waals surface area contributed by atoms with Crippen molar-refractivity contribution in [1.82, 2.24) is 5.32 Å². The minimum Gasteiger partial charge on any atom is -0.391 e. The van der Waals surface area contributed by atoms with Crippen molar-refractivity contribution in [2.24, 2.45) is 0 Å². The number of amides is 1. The molecular formula is C16H21NO2. The lowest BCUT2D eigenvalue weighted by Crippen LogP contribution is -2.46. The SMILES string of the molecule is O=C(NC1CCCCCC1O)C1Cc2ccccc21. The molecule has 2 N–H and O–H groups in total. The van der Waals surface area contributed by atoms with E-state index in [-0.39, 0.29) is 24.0 Å². The first-order chi connectivity index (χ1) is 9.25. The third kappa shape index (κ3) is 2.52. The Hall–Kier alpha value is -1.35. The van der Waals surface area contributed by atoms with E-state index in [9.17, 15) is 9.90 Å². The highest BCUT2D eigenvalue weighted by Gasteiger charge is 2.34. The van der Waals surface area contributed by atoms with E-state index in [4.69, 9.17) is 0 Å². The van der Waals surface area contributed by atoms with Crippen molar-refractivity contribution in [3.8, 4) is 0 Å². The molecule has 3 unspecified atom stereocenters. The zero-order valence-electron chi connectivity index (χ0n) is 11.1. The van der Waals surface area contributed by atoms with Gasteiger partial charge in [0.2, 0.25) is 5.91 Å². The Morgan fingerprint density at radius 2 is 1.95 bits per heavy atom. The fourth-order valence-corrected chi connectivity index (χ4v) is 3.23. The monoisotopic (exact) mass is 259 g/mol. The third-order valence-corrected chi connectivity index (χ3v) is 4.48. The number of fused-ring (bicyclic) bond motifs is 1. The lowest BCUT2D eigenvalue weighted by molar-refractivity contribution is -0.124. The van der Waals surface area contributed by atoms with Crippen LogP contribution >= 0.6 is 0 Å². The van der Waals surface area contributed by atoms with Crippen LogP contribution in [0.3, 0.4) is 0 Å². The average Bonchev–Trinajstić information content (AvgIpc) is 2.57. The van der Waals surface area contributed by atoms with E-state index in [2.05, 4.69) is 11.4 Å². The molecule has 3 nitrogen and oxygen atoms in total. The lowest BCUT2D eigenvalue weighted by atomic mass is 9.77. The van der Waals surface area contributed by atoms with Gasteiger partial charge in [-0.15, -0.1) is 0 Å². The molecule has 0 aliphatic heterocycles. The number of hydrogen-bond acceptors (Lipinski definition) is 2. The molecule has 0 heterocycles. The van der Waals surface area contributed by atoms with Gasteiger partial charge in [-0.1, -0.05) is 43.5 Å². The molecule has 0 saturated heterocycles. The molecule has 2 aliphatic carbocycles. The first-order valence-electron chi connectivity index (χ1n) is 7.32. The van der Waals surface area contributed by atoms with Crippen LogP contribution in [0.4, 0.5) is 0 Å². The smallest absolute Gasteiger partial charge is 0.228 e. The van der Waals surface area contributed by atoms with Gasteiger partial charge in [0, 0.05) is 0 Å². The lowest BCUT2D eigenvalue weighted by Gasteiger charge is -2.31. The van der Waals surface area contributed by atoms with Crippen LogP contribution < -0.4 is 5.32 Å². The van der Waals surface area contributed by atoms with Crippen LogP contribution in [0.15, 0.2) is 24.3 Å². The van der Waals surface area contributed by atoms with Crippen molar-refractivity contribution in [1.29, 1.82) is 0 Å². The second-order valence-corrected chi connectivity index (χ2v) is 5.78. The number of aliphatic hydroxyl groups is 1. The Bertz CT molecular complexity index is 472. The summed E-state index contributed by atoms with van der Waals surface area (Å²) < 4.78 is 0. The molecule has 3 rings (SSSR count). The molecule has 1 aromatic carbocycles. The molecule has 0 spiro atoms. The van der Waals surface area contributed by atoms with Crippen LogP contribution in [0.1, 0.15) is 49.1 Å². The van der Waals surface area contributed by atoms with Gasteiger partial charge in [-0.2, -0.15) is 0 Å². The van der Waals surface area contributed by atoms with Crippen molar-refractivity contribution in [2.45, 2.75) is 56.6 Å². The van der Waals surface area contributed by atoms with Gasteiger partial charge in [0.1, 0.15) is 0 Å². The zero-order chi connectivity index (χ0) is 13.2. The molecule has 0 bridgehead atoms. The fourth-order valence-electron chi connectivity index (χ4n) is 3.23. The van der Waals surface area contributed by atoms with Gasteiger partial charge in [-0.25, -0.2) is 0 Å². The highest BCUT2D eigenvalue weighted by atomic mass is 16.3. The third-order valence-electron chi connectivity index (χ3n) is 4.48. The summed E-state index contributed by atoms with van der Waals surface area (Å²) in [5, 5.41) is 13.1. The Balaban J connectivity index is 1.63. The molecule has 1 saturated carbocycles. The largest absolute Gasteiger partial charge is 0.391 e. The number of rotatable bonds is 2. The van der Waals surface area contributed by atoms with E-state index in [1.54, 1.807) is 0 Å². The fraction of sp³-hybridized carbons (Fsp3) is 0.562. The van der Waals surface area contributed by atoms with E-state index in [0.29, 0.717) is 0 Å². The van der Waals surface area contributed by atoms with E-state index in [1.807, 2.05) is 18.2 Å². The van der Waals surface area contributed by atoms with Crippen LogP contribution in [-0.2, 0) is 11.2 Å². The molecule has 2 aliphatic rings. The summed E-state index contributed by atoms with van der Waals surface area (Å²) in [6.45, 7) is 0.